The fourth-order valence-corrected chi connectivity index (χ4v) is 5.55. The van der Waals surface area contributed by atoms with Crippen molar-refractivity contribution in [3.8, 4) is 5.82 Å². The highest BCUT2D eigenvalue weighted by atomic mass is 32.1. The Morgan fingerprint density at radius 1 is 1.03 bits per heavy atom. The van der Waals surface area contributed by atoms with Gasteiger partial charge in [0.05, 0.1) is 17.8 Å². The van der Waals surface area contributed by atoms with E-state index in [9.17, 15) is 4.79 Å². The lowest BCUT2D eigenvalue weighted by Gasteiger charge is -2.29. The van der Waals surface area contributed by atoms with E-state index in [1.807, 2.05) is 62.6 Å². The molecule has 1 aromatic carbocycles. The lowest BCUT2D eigenvalue weighted by molar-refractivity contribution is -0.115. The zero-order valence-electron chi connectivity index (χ0n) is 22.3. The summed E-state index contributed by atoms with van der Waals surface area (Å²) in [5.74, 6) is 0.886. The first kappa shape index (κ1) is 25.6. The molecule has 194 valence electrons. The molecule has 1 aliphatic rings. The quantitative estimate of drug-likeness (QED) is 0.300. The van der Waals surface area contributed by atoms with E-state index < -0.39 is 0 Å². The molecule has 1 fully saturated rings. The molecule has 1 aliphatic heterocycles. The number of pyridine rings is 2. The number of amides is 1. The van der Waals surface area contributed by atoms with E-state index in [1.165, 1.54) is 0 Å². The minimum Gasteiger partial charge on any atom is -0.351 e. The minimum absolute atomic E-state index is 0.00972. The fourth-order valence-electron chi connectivity index (χ4n) is 5.21. The van der Waals surface area contributed by atoms with Gasteiger partial charge in [-0.05, 0) is 105 Å². The van der Waals surface area contributed by atoms with Gasteiger partial charge in [-0.3, -0.25) is 9.78 Å². The average molecular weight is 525 g/mol. The number of benzene rings is 1. The van der Waals surface area contributed by atoms with Crippen LogP contribution in [0.1, 0.15) is 59.2 Å². The first-order valence-corrected chi connectivity index (χ1v) is 13.2. The summed E-state index contributed by atoms with van der Waals surface area (Å²) >= 11 is 5.93. The van der Waals surface area contributed by atoms with Crippen LogP contribution in [-0.4, -0.2) is 25.6 Å². The van der Waals surface area contributed by atoms with E-state index in [0.29, 0.717) is 11.5 Å². The molecule has 0 unspecified atom stereocenters. The lowest BCUT2D eigenvalue weighted by Crippen LogP contribution is -2.29. The Bertz CT molecular complexity index is 1510. The Hall–Kier alpha value is -4.04. The molecule has 8 heteroatoms. The number of nitrogens with one attached hydrogen (secondary N) is 2. The molecule has 0 aliphatic carbocycles. The number of aromatic nitrogens is 3. The summed E-state index contributed by atoms with van der Waals surface area (Å²) in [5.41, 5.74) is 8.16. The number of rotatable bonds is 6. The van der Waals surface area contributed by atoms with E-state index in [2.05, 4.69) is 69.0 Å². The van der Waals surface area contributed by atoms with Crippen LogP contribution in [0.15, 0.2) is 67.0 Å². The largest absolute Gasteiger partial charge is 0.351 e. The maximum absolute atomic E-state index is 12.0. The number of aryl methyl sites for hydroxylation is 3. The molecule has 5 rings (SSSR count). The van der Waals surface area contributed by atoms with Crippen molar-refractivity contribution in [2.75, 3.05) is 10.2 Å². The predicted octanol–water partition coefficient (Wildman–Crippen LogP) is 6.03. The summed E-state index contributed by atoms with van der Waals surface area (Å²) in [6.45, 7) is 10.2. The van der Waals surface area contributed by atoms with Gasteiger partial charge < -0.3 is 20.1 Å². The van der Waals surface area contributed by atoms with Crippen molar-refractivity contribution in [2.24, 2.45) is 0 Å². The normalized spacial score (nSPS) is 17.0. The Balaban J connectivity index is 1.64. The average Bonchev–Trinajstić information content (AvgIpc) is 3.40. The number of carbonyl (C=O) groups is 1. The highest BCUT2D eigenvalue weighted by Gasteiger charge is 2.42. The van der Waals surface area contributed by atoms with Crippen molar-refractivity contribution in [1.29, 1.82) is 0 Å². The second kappa shape index (κ2) is 10.4. The van der Waals surface area contributed by atoms with Gasteiger partial charge in [0.15, 0.2) is 5.11 Å². The van der Waals surface area contributed by atoms with Crippen molar-refractivity contribution < 1.29 is 4.79 Å². The smallest absolute Gasteiger partial charge is 0.224 e. The Morgan fingerprint density at radius 2 is 1.84 bits per heavy atom. The van der Waals surface area contributed by atoms with Gasteiger partial charge >= 0.3 is 0 Å². The molecule has 7 nitrogen and oxygen atoms in total. The molecule has 3 aromatic heterocycles. The zero-order chi connectivity index (χ0) is 27.0. The molecule has 4 aromatic rings. The van der Waals surface area contributed by atoms with Crippen LogP contribution in [-0.2, 0) is 4.79 Å². The van der Waals surface area contributed by atoms with Crippen molar-refractivity contribution in [2.45, 2.75) is 53.1 Å². The Labute approximate surface area is 228 Å². The Kier molecular flexibility index (Phi) is 6.99. The van der Waals surface area contributed by atoms with Crippen molar-refractivity contribution in [1.82, 2.24) is 19.9 Å². The van der Waals surface area contributed by atoms with Gasteiger partial charge in [-0.25, -0.2) is 4.98 Å². The van der Waals surface area contributed by atoms with Gasteiger partial charge in [0.25, 0.3) is 0 Å². The highest BCUT2D eigenvalue weighted by molar-refractivity contribution is 7.80. The molecule has 1 amide bonds. The third-order valence-electron chi connectivity index (χ3n) is 7.10. The van der Waals surface area contributed by atoms with Crippen molar-refractivity contribution in [3.63, 3.8) is 0 Å². The summed E-state index contributed by atoms with van der Waals surface area (Å²) in [5, 5.41) is 7.16. The van der Waals surface area contributed by atoms with Gasteiger partial charge in [-0.1, -0.05) is 13.0 Å². The maximum Gasteiger partial charge on any atom is 0.224 e. The van der Waals surface area contributed by atoms with Crippen LogP contribution in [0.5, 0.6) is 0 Å². The molecule has 2 atom stereocenters. The number of thiocarbonyl (C=S) groups is 1. The minimum atomic E-state index is -0.150. The van der Waals surface area contributed by atoms with Crippen LogP contribution in [0.25, 0.3) is 5.82 Å². The number of nitrogens with zero attached hydrogens (tertiary/aromatic N) is 4. The molecule has 0 bridgehead atoms. The van der Waals surface area contributed by atoms with Gasteiger partial charge in [0.1, 0.15) is 5.82 Å². The third kappa shape index (κ3) is 4.67. The molecular weight excluding hydrogens is 492 g/mol. The molecule has 38 heavy (non-hydrogen) atoms. The number of anilines is 2. The summed E-state index contributed by atoms with van der Waals surface area (Å²) in [6, 6.07) is 18.0. The first-order valence-electron chi connectivity index (χ1n) is 12.8. The van der Waals surface area contributed by atoms with Crippen LogP contribution in [0, 0.1) is 27.7 Å². The van der Waals surface area contributed by atoms with E-state index in [-0.39, 0.29) is 18.0 Å². The molecule has 2 N–H and O–H groups in total. The number of hydrogen-bond acceptors (Lipinski definition) is 4. The monoisotopic (exact) mass is 524 g/mol. The standard InChI is InChI=1S/C30H32N6OS/c1-6-27(37)33-24-11-10-22(16-19(24)3)36-29(28(34-30(36)38)25-9-7-8-13-31-25)23-17-20(4)35(21(23)5)26-15-18(2)12-14-32-26/h7-17,28-29H,6H2,1-5H3,(H,33,37)(H,34,38)/t28-,29+/m0/s1. The molecule has 0 spiro atoms. The van der Waals surface area contributed by atoms with E-state index >= 15 is 0 Å². The van der Waals surface area contributed by atoms with E-state index in [1.54, 1.807) is 0 Å². The summed E-state index contributed by atoms with van der Waals surface area (Å²) in [7, 11) is 0. The molecule has 0 saturated carbocycles. The van der Waals surface area contributed by atoms with Crippen LogP contribution < -0.4 is 15.5 Å². The van der Waals surface area contributed by atoms with E-state index in [0.717, 1.165) is 51.0 Å². The number of carbonyl (C=O) groups excluding carboxylic acids is 1. The lowest BCUT2D eigenvalue weighted by atomic mass is 9.96. The summed E-state index contributed by atoms with van der Waals surface area (Å²) in [4.78, 5) is 23.5. The second-order valence-corrected chi connectivity index (χ2v) is 10.1. The summed E-state index contributed by atoms with van der Waals surface area (Å²) < 4.78 is 2.20. The molecule has 4 heterocycles. The van der Waals surface area contributed by atoms with Gasteiger partial charge in [0, 0.05) is 41.6 Å². The third-order valence-corrected chi connectivity index (χ3v) is 7.42. The van der Waals surface area contributed by atoms with Gasteiger partial charge in [-0.15, -0.1) is 0 Å². The Morgan fingerprint density at radius 3 is 2.53 bits per heavy atom. The predicted molar refractivity (Wildman–Crippen MR) is 156 cm³/mol. The van der Waals surface area contributed by atoms with Crippen molar-refractivity contribution >= 4 is 34.6 Å². The molecule has 0 radical (unpaired) electrons. The maximum atomic E-state index is 12.0. The second-order valence-electron chi connectivity index (χ2n) is 9.75. The van der Waals surface area contributed by atoms with E-state index in [4.69, 9.17) is 12.2 Å². The summed E-state index contributed by atoms with van der Waals surface area (Å²) in [6.07, 6.45) is 4.09. The van der Waals surface area contributed by atoms with Gasteiger partial charge in [-0.2, -0.15) is 0 Å². The van der Waals surface area contributed by atoms with Crippen LogP contribution in [0.3, 0.4) is 0 Å². The topological polar surface area (TPSA) is 75.1 Å². The van der Waals surface area contributed by atoms with Crippen LogP contribution in [0.4, 0.5) is 11.4 Å². The fraction of sp³-hybridized carbons (Fsp3) is 0.267. The SMILES string of the molecule is CCC(=O)Nc1ccc(N2C(=S)N[C@@H](c3ccccn3)[C@H]2c2cc(C)n(-c3cc(C)ccn3)c2C)cc1C. The zero-order valence-corrected chi connectivity index (χ0v) is 23.1. The van der Waals surface area contributed by atoms with Gasteiger partial charge in [0.2, 0.25) is 5.91 Å². The molecular formula is C30H32N6OS. The first-order chi connectivity index (χ1) is 18.3. The van der Waals surface area contributed by atoms with Crippen LogP contribution >= 0.6 is 12.2 Å². The molecule has 1 saturated heterocycles. The van der Waals surface area contributed by atoms with Crippen molar-refractivity contribution in [3.05, 3.63) is 101 Å². The highest BCUT2D eigenvalue weighted by Crippen LogP contribution is 2.44. The number of hydrogen-bond donors (Lipinski definition) is 2. The van der Waals surface area contributed by atoms with Crippen LogP contribution in [0.2, 0.25) is 0 Å².